The second-order valence-corrected chi connectivity index (χ2v) is 8.08. The number of aliphatic imine (C=N–C) groups is 1. The first-order chi connectivity index (χ1) is 11.5. The summed E-state index contributed by atoms with van der Waals surface area (Å²) in [6.07, 6.45) is 13.1. The molecule has 0 fully saturated rings. The van der Waals surface area contributed by atoms with E-state index >= 15 is 0 Å². The number of allylic oxidation sites excluding steroid dienone is 5. The van der Waals surface area contributed by atoms with Crippen LogP contribution < -0.4 is 11.1 Å². The fourth-order valence-corrected chi connectivity index (χ4v) is 4.22. The largest absolute Gasteiger partial charge is 0.379 e. The Morgan fingerprint density at radius 3 is 3.00 bits per heavy atom. The average molecular weight is 364 g/mol. The first-order valence-corrected chi connectivity index (χ1v) is 9.56. The topological polar surface area (TPSA) is 67.5 Å². The molecule has 0 radical (unpaired) electrons. The molecule has 6 heteroatoms. The van der Waals surface area contributed by atoms with Crippen LogP contribution in [0.1, 0.15) is 32.6 Å². The Balaban J connectivity index is 1.73. The van der Waals surface area contributed by atoms with E-state index in [1.165, 1.54) is 0 Å². The van der Waals surface area contributed by atoms with Crippen molar-refractivity contribution < 1.29 is 4.79 Å². The quantitative estimate of drug-likeness (QED) is 0.804. The number of thioether (sulfide) groups is 1. The molecule has 4 nitrogen and oxygen atoms in total. The Hall–Kier alpha value is -1.46. The van der Waals surface area contributed by atoms with Gasteiger partial charge in [0.25, 0.3) is 0 Å². The molecular weight excluding hydrogens is 342 g/mol. The second kappa shape index (κ2) is 7.19. The lowest BCUT2D eigenvalue weighted by Crippen LogP contribution is -2.35. The Kier molecular flexibility index (Phi) is 5.21. The van der Waals surface area contributed by atoms with Crippen LogP contribution >= 0.6 is 23.4 Å². The molecular formula is C18H22ClN3OS. The molecule has 24 heavy (non-hydrogen) atoms. The molecule has 1 aliphatic heterocycles. The summed E-state index contributed by atoms with van der Waals surface area (Å²) in [6.45, 7) is 2.09. The van der Waals surface area contributed by atoms with Gasteiger partial charge in [-0.2, -0.15) is 0 Å². The van der Waals surface area contributed by atoms with Crippen molar-refractivity contribution >= 4 is 34.4 Å². The molecule has 3 aliphatic rings. The molecule has 0 aromatic heterocycles. The average Bonchev–Trinajstić information content (AvgIpc) is 2.57. The lowest BCUT2D eigenvalue weighted by molar-refractivity contribution is -0.122. The molecule has 2 atom stereocenters. The van der Waals surface area contributed by atoms with Gasteiger partial charge in [0.1, 0.15) is 0 Å². The molecule has 0 aromatic rings. The van der Waals surface area contributed by atoms with Gasteiger partial charge in [0.2, 0.25) is 5.91 Å². The van der Waals surface area contributed by atoms with Crippen LogP contribution in [-0.4, -0.2) is 22.4 Å². The molecule has 0 spiro atoms. The zero-order valence-electron chi connectivity index (χ0n) is 13.7. The third-order valence-corrected chi connectivity index (χ3v) is 5.72. The number of amides is 1. The number of hydrogen-bond acceptors (Lipinski definition) is 4. The summed E-state index contributed by atoms with van der Waals surface area (Å²) in [5.41, 5.74) is 7.59. The number of carbonyl (C=O) groups is 1. The number of hydrogen-bond donors (Lipinski definition) is 2. The summed E-state index contributed by atoms with van der Waals surface area (Å²) in [6, 6.07) is 0. The number of nitrogens with one attached hydrogen (secondary N) is 1. The predicted molar refractivity (Wildman–Crippen MR) is 102 cm³/mol. The molecule has 1 amide bonds. The lowest BCUT2D eigenvalue weighted by atomic mass is 9.83. The smallest absolute Gasteiger partial charge is 0.231 e. The van der Waals surface area contributed by atoms with Crippen molar-refractivity contribution in [3.05, 3.63) is 46.7 Å². The molecule has 2 unspecified atom stereocenters. The lowest BCUT2D eigenvalue weighted by Gasteiger charge is -2.32. The highest BCUT2D eigenvalue weighted by atomic mass is 35.5. The third-order valence-electron chi connectivity index (χ3n) is 4.60. The van der Waals surface area contributed by atoms with Crippen LogP contribution in [-0.2, 0) is 4.79 Å². The maximum absolute atomic E-state index is 12.6. The van der Waals surface area contributed by atoms with Crippen molar-refractivity contribution in [2.45, 2.75) is 38.1 Å². The number of nitrogens with two attached hydrogens (primary N) is 1. The molecule has 3 N–H and O–H groups in total. The van der Waals surface area contributed by atoms with Gasteiger partial charge < -0.3 is 11.1 Å². The molecule has 0 saturated heterocycles. The molecule has 0 bridgehead atoms. The van der Waals surface area contributed by atoms with Crippen molar-refractivity contribution in [3.8, 4) is 0 Å². The zero-order chi connectivity index (χ0) is 17.2. The van der Waals surface area contributed by atoms with Gasteiger partial charge in [0, 0.05) is 16.5 Å². The summed E-state index contributed by atoms with van der Waals surface area (Å²) < 4.78 is 0. The van der Waals surface area contributed by atoms with Gasteiger partial charge in [-0.3, -0.25) is 9.79 Å². The van der Waals surface area contributed by atoms with Crippen molar-refractivity contribution in [2.75, 3.05) is 5.75 Å². The summed E-state index contributed by atoms with van der Waals surface area (Å²) in [5.74, 6) is 0.809. The van der Waals surface area contributed by atoms with Crippen molar-refractivity contribution in [3.63, 3.8) is 0 Å². The van der Waals surface area contributed by atoms with E-state index in [9.17, 15) is 4.79 Å². The summed E-state index contributed by atoms with van der Waals surface area (Å²) in [4.78, 5) is 17.2. The van der Waals surface area contributed by atoms with Crippen molar-refractivity contribution in [1.29, 1.82) is 0 Å². The molecule has 3 rings (SSSR count). The number of nitrogens with zero attached hydrogens (tertiary/aromatic N) is 1. The predicted octanol–water partition coefficient (Wildman–Crippen LogP) is 3.62. The second-order valence-electron chi connectivity index (χ2n) is 6.48. The van der Waals surface area contributed by atoms with Gasteiger partial charge >= 0.3 is 0 Å². The van der Waals surface area contributed by atoms with E-state index in [0.29, 0.717) is 11.6 Å². The van der Waals surface area contributed by atoms with E-state index < -0.39 is 0 Å². The van der Waals surface area contributed by atoms with Crippen LogP contribution in [0, 0.1) is 5.92 Å². The summed E-state index contributed by atoms with van der Waals surface area (Å²) in [5, 5.41) is 4.48. The van der Waals surface area contributed by atoms with E-state index in [2.05, 4.69) is 29.4 Å². The molecule has 2 aliphatic carbocycles. The van der Waals surface area contributed by atoms with E-state index in [0.717, 1.165) is 41.3 Å². The monoisotopic (exact) mass is 363 g/mol. The maximum atomic E-state index is 12.6. The molecule has 128 valence electrons. The minimum atomic E-state index is -0.328. The Morgan fingerprint density at radius 2 is 2.29 bits per heavy atom. The Labute approximate surface area is 152 Å². The summed E-state index contributed by atoms with van der Waals surface area (Å²) >= 11 is 7.55. The van der Waals surface area contributed by atoms with Gasteiger partial charge in [0.05, 0.1) is 11.5 Å². The number of halogens is 1. The molecule has 0 aromatic carbocycles. The standard InChI is InChI=1S/C18H22ClN3OS/c1-18(9-10-24-17(20)22-18)13-4-2-3-12(11-13)16(23)21-15-7-5-14(19)6-8-15/h2,4-5,7,11-12H,3,6,8-10H2,1H3,(H2,20,22)(H,21,23). The van der Waals surface area contributed by atoms with Crippen molar-refractivity contribution in [2.24, 2.45) is 16.6 Å². The zero-order valence-corrected chi connectivity index (χ0v) is 15.3. The van der Waals surface area contributed by atoms with E-state index in [1.54, 1.807) is 11.8 Å². The van der Waals surface area contributed by atoms with Crippen LogP contribution in [0.3, 0.4) is 0 Å². The van der Waals surface area contributed by atoms with Gasteiger partial charge in [-0.05, 0) is 50.3 Å². The highest BCUT2D eigenvalue weighted by molar-refractivity contribution is 8.13. The highest BCUT2D eigenvalue weighted by Crippen LogP contribution is 2.35. The third kappa shape index (κ3) is 3.95. The number of amidine groups is 1. The van der Waals surface area contributed by atoms with Crippen molar-refractivity contribution in [1.82, 2.24) is 5.32 Å². The minimum Gasteiger partial charge on any atom is -0.379 e. The van der Waals surface area contributed by atoms with E-state index in [1.807, 2.05) is 18.2 Å². The fraction of sp³-hybridized carbons (Fsp3) is 0.444. The van der Waals surface area contributed by atoms with Gasteiger partial charge in [-0.1, -0.05) is 41.6 Å². The van der Waals surface area contributed by atoms with Gasteiger partial charge in [0.15, 0.2) is 5.17 Å². The van der Waals surface area contributed by atoms with Crippen LogP contribution in [0.4, 0.5) is 0 Å². The normalized spacial score (nSPS) is 30.0. The van der Waals surface area contributed by atoms with E-state index in [4.69, 9.17) is 17.3 Å². The Morgan fingerprint density at radius 1 is 1.46 bits per heavy atom. The number of carbonyl (C=O) groups excluding carboxylic acids is 1. The maximum Gasteiger partial charge on any atom is 0.231 e. The van der Waals surface area contributed by atoms with Crippen LogP contribution in [0.25, 0.3) is 0 Å². The number of rotatable bonds is 3. The first-order valence-electron chi connectivity index (χ1n) is 8.19. The van der Waals surface area contributed by atoms with Gasteiger partial charge in [-0.25, -0.2) is 0 Å². The van der Waals surface area contributed by atoms with E-state index in [-0.39, 0.29) is 17.4 Å². The molecule has 0 saturated carbocycles. The first kappa shape index (κ1) is 17.4. The van der Waals surface area contributed by atoms with Gasteiger partial charge in [-0.15, -0.1) is 0 Å². The SMILES string of the molecule is CC1(C2=CC(C(=O)NC3=CC=C(Cl)CC3)CC=C2)CCSC(N)=N1. The molecule has 1 heterocycles. The van der Waals surface area contributed by atoms with Crippen LogP contribution in [0.5, 0.6) is 0 Å². The van der Waals surface area contributed by atoms with Crippen LogP contribution in [0.2, 0.25) is 0 Å². The minimum absolute atomic E-state index is 0.0280. The van der Waals surface area contributed by atoms with Crippen LogP contribution in [0.15, 0.2) is 51.7 Å². The highest BCUT2D eigenvalue weighted by Gasteiger charge is 2.33. The summed E-state index contributed by atoms with van der Waals surface area (Å²) in [7, 11) is 0. The fourth-order valence-electron chi connectivity index (χ4n) is 3.09. The Bertz CT molecular complexity index is 692.